The third-order valence-corrected chi connectivity index (χ3v) is 2.91. The minimum Gasteiger partial charge on any atom is -0.491 e. The molecule has 0 saturated heterocycles. The minimum atomic E-state index is 0.547. The molecule has 2 aromatic rings. The Balaban J connectivity index is 1.92. The fourth-order valence-electron chi connectivity index (χ4n) is 1.85. The van der Waals surface area contributed by atoms with Gasteiger partial charge in [-0.25, -0.2) is 0 Å². The predicted molar refractivity (Wildman–Crippen MR) is 87.0 cm³/mol. The number of benzene rings is 2. The van der Waals surface area contributed by atoms with E-state index in [1.165, 1.54) is 0 Å². The van der Waals surface area contributed by atoms with Gasteiger partial charge in [-0.05, 0) is 49.4 Å². The molecular weight excluding hydrogens is 266 g/mol. The minimum absolute atomic E-state index is 0.547. The number of nitrogens with one attached hydrogen (secondary N) is 1. The van der Waals surface area contributed by atoms with Gasteiger partial charge in [0, 0.05) is 18.0 Å². The summed E-state index contributed by atoms with van der Waals surface area (Å²) in [5.41, 5.74) is 14.6. The Labute approximate surface area is 124 Å². The molecule has 0 heterocycles. The summed E-state index contributed by atoms with van der Waals surface area (Å²) >= 11 is 0. The Hall–Kier alpha value is -2.40. The molecule has 112 valence electrons. The third-order valence-electron chi connectivity index (χ3n) is 2.91. The lowest BCUT2D eigenvalue weighted by Crippen LogP contribution is -2.06. The van der Waals surface area contributed by atoms with Gasteiger partial charge in [0.05, 0.1) is 18.0 Å². The average molecular weight is 287 g/mol. The van der Waals surface area contributed by atoms with Gasteiger partial charge in [0.25, 0.3) is 0 Å². The first-order chi connectivity index (χ1) is 10.2. The molecule has 0 fully saturated rings. The summed E-state index contributed by atoms with van der Waals surface area (Å²) in [5, 5.41) is 3.24. The zero-order chi connectivity index (χ0) is 15.1. The average Bonchev–Trinajstić information content (AvgIpc) is 2.48. The van der Waals surface area contributed by atoms with Gasteiger partial charge in [0.2, 0.25) is 0 Å². The van der Waals surface area contributed by atoms with Crippen LogP contribution in [0.3, 0.4) is 0 Å². The molecule has 0 saturated carbocycles. The van der Waals surface area contributed by atoms with Crippen molar-refractivity contribution in [3.05, 3.63) is 42.5 Å². The van der Waals surface area contributed by atoms with Crippen LogP contribution in [0, 0.1) is 0 Å². The number of nitrogens with two attached hydrogens (primary N) is 2. The number of anilines is 4. The maximum atomic E-state index is 5.91. The molecule has 0 aliphatic heterocycles. The van der Waals surface area contributed by atoms with E-state index < -0.39 is 0 Å². The van der Waals surface area contributed by atoms with Crippen LogP contribution in [0.15, 0.2) is 42.5 Å². The molecule has 5 nitrogen and oxygen atoms in total. The summed E-state index contributed by atoms with van der Waals surface area (Å²) in [5.74, 6) is 0.811. The molecule has 2 aromatic carbocycles. The van der Waals surface area contributed by atoms with Crippen LogP contribution in [-0.2, 0) is 4.74 Å². The zero-order valence-electron chi connectivity index (χ0n) is 12.1. The molecule has 0 aliphatic rings. The Morgan fingerprint density at radius 1 is 1.00 bits per heavy atom. The summed E-state index contributed by atoms with van der Waals surface area (Å²) in [6, 6.07) is 13.1. The van der Waals surface area contributed by atoms with Crippen LogP contribution >= 0.6 is 0 Å². The number of nitrogen functional groups attached to an aromatic ring is 2. The fourth-order valence-corrected chi connectivity index (χ4v) is 1.85. The van der Waals surface area contributed by atoms with E-state index in [2.05, 4.69) is 5.32 Å². The summed E-state index contributed by atoms with van der Waals surface area (Å²) < 4.78 is 10.8. The number of hydrogen-bond acceptors (Lipinski definition) is 5. The second kappa shape index (κ2) is 7.40. The van der Waals surface area contributed by atoms with Crippen molar-refractivity contribution < 1.29 is 9.47 Å². The van der Waals surface area contributed by atoms with E-state index in [0.29, 0.717) is 31.2 Å². The van der Waals surface area contributed by atoms with Crippen LogP contribution in [0.1, 0.15) is 6.92 Å². The summed E-state index contributed by atoms with van der Waals surface area (Å²) in [6.45, 7) is 3.81. The van der Waals surface area contributed by atoms with E-state index in [1.807, 2.05) is 43.3 Å². The Morgan fingerprint density at radius 2 is 1.76 bits per heavy atom. The largest absolute Gasteiger partial charge is 0.491 e. The second-order valence-corrected chi connectivity index (χ2v) is 4.54. The van der Waals surface area contributed by atoms with E-state index in [4.69, 9.17) is 20.9 Å². The summed E-state index contributed by atoms with van der Waals surface area (Å²) in [4.78, 5) is 0. The molecule has 21 heavy (non-hydrogen) atoms. The van der Waals surface area contributed by atoms with E-state index in [9.17, 15) is 0 Å². The Bertz CT molecular complexity index is 570. The quantitative estimate of drug-likeness (QED) is 0.538. The Kier molecular flexibility index (Phi) is 5.29. The molecule has 2 rings (SSSR count). The second-order valence-electron chi connectivity index (χ2n) is 4.54. The van der Waals surface area contributed by atoms with Gasteiger partial charge in [-0.3, -0.25) is 0 Å². The van der Waals surface area contributed by atoms with Crippen LogP contribution in [0.5, 0.6) is 5.75 Å². The monoisotopic (exact) mass is 287 g/mol. The molecule has 0 unspecified atom stereocenters. The topological polar surface area (TPSA) is 82.5 Å². The highest BCUT2D eigenvalue weighted by Crippen LogP contribution is 2.26. The van der Waals surface area contributed by atoms with Crippen LogP contribution in [0.2, 0.25) is 0 Å². The van der Waals surface area contributed by atoms with Gasteiger partial charge >= 0.3 is 0 Å². The van der Waals surface area contributed by atoms with Gasteiger partial charge in [0.15, 0.2) is 0 Å². The number of hydrogen-bond donors (Lipinski definition) is 3. The van der Waals surface area contributed by atoms with Crippen molar-refractivity contribution in [3.8, 4) is 5.75 Å². The SMILES string of the molecule is CCOCCOc1ccc(Nc2ccc(N)cc2N)cc1. The van der Waals surface area contributed by atoms with Gasteiger partial charge < -0.3 is 26.3 Å². The molecule has 0 aliphatic carbocycles. The summed E-state index contributed by atoms with van der Waals surface area (Å²) in [7, 11) is 0. The van der Waals surface area contributed by atoms with E-state index in [0.717, 1.165) is 17.1 Å². The fraction of sp³-hybridized carbons (Fsp3) is 0.250. The molecule has 5 N–H and O–H groups in total. The Morgan fingerprint density at radius 3 is 2.43 bits per heavy atom. The molecule has 0 amide bonds. The van der Waals surface area contributed by atoms with E-state index in [1.54, 1.807) is 6.07 Å². The van der Waals surface area contributed by atoms with Crippen molar-refractivity contribution in [2.24, 2.45) is 0 Å². The van der Waals surface area contributed by atoms with Crippen molar-refractivity contribution in [1.82, 2.24) is 0 Å². The van der Waals surface area contributed by atoms with E-state index >= 15 is 0 Å². The van der Waals surface area contributed by atoms with Crippen LogP contribution in [0.25, 0.3) is 0 Å². The molecule has 0 atom stereocenters. The number of rotatable bonds is 7. The first-order valence-electron chi connectivity index (χ1n) is 6.91. The third kappa shape index (κ3) is 4.57. The van der Waals surface area contributed by atoms with Crippen molar-refractivity contribution in [3.63, 3.8) is 0 Å². The maximum absolute atomic E-state index is 5.91. The lowest BCUT2D eigenvalue weighted by atomic mass is 10.2. The molecule has 0 aromatic heterocycles. The lowest BCUT2D eigenvalue weighted by molar-refractivity contribution is 0.110. The number of ether oxygens (including phenoxy) is 2. The molecule has 0 bridgehead atoms. The smallest absolute Gasteiger partial charge is 0.119 e. The standard InChI is InChI=1S/C16H21N3O2/c1-2-20-9-10-21-14-6-4-13(5-7-14)19-16-8-3-12(17)11-15(16)18/h3-8,11,19H,2,9-10,17-18H2,1H3. The van der Waals surface area contributed by atoms with Crippen molar-refractivity contribution in [1.29, 1.82) is 0 Å². The molecule has 0 spiro atoms. The highest BCUT2D eigenvalue weighted by molar-refractivity contribution is 5.75. The van der Waals surface area contributed by atoms with Crippen molar-refractivity contribution in [2.75, 3.05) is 36.6 Å². The molecule has 0 radical (unpaired) electrons. The van der Waals surface area contributed by atoms with Gasteiger partial charge in [-0.2, -0.15) is 0 Å². The highest BCUT2D eigenvalue weighted by atomic mass is 16.5. The van der Waals surface area contributed by atoms with Gasteiger partial charge in [-0.1, -0.05) is 0 Å². The van der Waals surface area contributed by atoms with Crippen LogP contribution in [-0.4, -0.2) is 19.8 Å². The van der Waals surface area contributed by atoms with Crippen molar-refractivity contribution >= 4 is 22.7 Å². The zero-order valence-corrected chi connectivity index (χ0v) is 12.1. The molecular formula is C16H21N3O2. The lowest BCUT2D eigenvalue weighted by Gasteiger charge is -2.11. The van der Waals surface area contributed by atoms with Crippen LogP contribution in [0.4, 0.5) is 22.7 Å². The summed E-state index contributed by atoms with van der Waals surface area (Å²) in [6.07, 6.45) is 0. The first-order valence-corrected chi connectivity index (χ1v) is 6.91. The van der Waals surface area contributed by atoms with E-state index in [-0.39, 0.29) is 0 Å². The predicted octanol–water partition coefficient (Wildman–Crippen LogP) is 3.01. The highest BCUT2D eigenvalue weighted by Gasteiger charge is 2.01. The van der Waals surface area contributed by atoms with Gasteiger partial charge in [-0.15, -0.1) is 0 Å². The molecule has 5 heteroatoms. The van der Waals surface area contributed by atoms with Crippen molar-refractivity contribution in [2.45, 2.75) is 6.92 Å². The normalized spacial score (nSPS) is 10.3. The maximum Gasteiger partial charge on any atom is 0.119 e. The van der Waals surface area contributed by atoms with Gasteiger partial charge in [0.1, 0.15) is 12.4 Å². The van der Waals surface area contributed by atoms with Crippen LogP contribution < -0.4 is 21.5 Å². The first kappa shape index (κ1) is 15.0.